The van der Waals surface area contributed by atoms with Gasteiger partial charge in [-0.3, -0.25) is 19.1 Å². The number of ether oxygens (including phenoxy) is 3. The zero-order valence-corrected chi connectivity index (χ0v) is 20.6. The lowest BCUT2D eigenvalue weighted by Crippen LogP contribution is -2.24. The first kappa shape index (κ1) is 25.5. The number of methoxy groups -OCH3 is 2. The molecule has 0 unspecified atom stereocenters. The molecule has 3 N–H and O–H groups in total. The van der Waals surface area contributed by atoms with Crippen LogP contribution in [0.4, 0.5) is 0 Å². The third-order valence-electron chi connectivity index (χ3n) is 4.46. The Morgan fingerprint density at radius 1 is 1.17 bits per heavy atom. The zero-order chi connectivity index (χ0) is 25.2. The van der Waals surface area contributed by atoms with Crippen molar-refractivity contribution in [3.8, 4) is 34.6 Å². The van der Waals surface area contributed by atoms with E-state index in [2.05, 4.69) is 29.9 Å². The summed E-state index contributed by atoms with van der Waals surface area (Å²) in [7, 11) is 4.63. The molecular weight excluding hydrogens is 472 g/mol. The van der Waals surface area contributed by atoms with Gasteiger partial charge in [-0.25, -0.2) is 9.98 Å². The molecule has 0 fully saturated rings. The molecule has 0 saturated carbocycles. The van der Waals surface area contributed by atoms with Crippen LogP contribution in [0, 0.1) is 0 Å². The van der Waals surface area contributed by atoms with Crippen molar-refractivity contribution in [1.29, 1.82) is 0 Å². The average molecular weight is 499 g/mol. The van der Waals surface area contributed by atoms with E-state index in [0.717, 1.165) is 11.9 Å². The first-order chi connectivity index (χ1) is 17.0. The topological polar surface area (TPSA) is 151 Å². The lowest BCUT2D eigenvalue weighted by molar-refractivity contribution is 0.0972. The molecule has 3 rings (SSSR count). The molecule has 0 spiro atoms. The number of para-hydroxylation sites is 1. The first-order valence-corrected chi connectivity index (χ1v) is 11.4. The summed E-state index contributed by atoms with van der Waals surface area (Å²) in [6.07, 6.45) is 1.33. The van der Waals surface area contributed by atoms with Gasteiger partial charge in [0.05, 0.1) is 26.6 Å². The monoisotopic (exact) mass is 498 g/mol. The molecule has 2 heterocycles. The number of pyridine rings is 1. The van der Waals surface area contributed by atoms with Crippen LogP contribution in [0.1, 0.15) is 17.5 Å². The lowest BCUT2D eigenvalue weighted by atomic mass is 10.2. The molecule has 0 aliphatic heterocycles. The number of nitrogens with one attached hydrogen (secondary N) is 1. The van der Waals surface area contributed by atoms with Crippen molar-refractivity contribution in [1.82, 2.24) is 24.5 Å². The maximum Gasteiger partial charge on any atom is 0.299 e. The third kappa shape index (κ3) is 6.06. The summed E-state index contributed by atoms with van der Waals surface area (Å²) in [6.45, 7) is 2.31. The molecule has 12 nitrogen and oxygen atoms in total. The van der Waals surface area contributed by atoms with Crippen molar-refractivity contribution in [3.05, 3.63) is 42.2 Å². The van der Waals surface area contributed by atoms with Gasteiger partial charge in [-0.2, -0.15) is 0 Å². The van der Waals surface area contributed by atoms with E-state index in [9.17, 15) is 4.79 Å². The SMILES string of the molecule is CCOc1cccc(-c2nnc(C(=O)NSCC(N)=NC=NC)n2-c2c(OC)cccc2OC)n1. The minimum Gasteiger partial charge on any atom is -0.494 e. The number of rotatable bonds is 11. The summed E-state index contributed by atoms with van der Waals surface area (Å²) in [6, 6.07) is 10.5. The van der Waals surface area contributed by atoms with Gasteiger partial charge in [0.1, 0.15) is 35.1 Å². The van der Waals surface area contributed by atoms with Gasteiger partial charge in [-0.05, 0) is 37.1 Å². The van der Waals surface area contributed by atoms with Crippen molar-refractivity contribution >= 4 is 30.0 Å². The van der Waals surface area contributed by atoms with Gasteiger partial charge in [0.25, 0.3) is 5.91 Å². The van der Waals surface area contributed by atoms with Gasteiger partial charge in [0.15, 0.2) is 5.82 Å². The minimum atomic E-state index is -0.514. The Balaban J connectivity index is 2.08. The van der Waals surface area contributed by atoms with Crippen LogP contribution in [0.5, 0.6) is 17.4 Å². The van der Waals surface area contributed by atoms with Crippen LogP contribution in [0.25, 0.3) is 17.2 Å². The van der Waals surface area contributed by atoms with Crippen LogP contribution in [0.15, 0.2) is 46.4 Å². The van der Waals surface area contributed by atoms with Gasteiger partial charge in [0.2, 0.25) is 11.7 Å². The summed E-state index contributed by atoms with van der Waals surface area (Å²) in [4.78, 5) is 25.3. The summed E-state index contributed by atoms with van der Waals surface area (Å²) >= 11 is 1.06. The largest absolute Gasteiger partial charge is 0.494 e. The predicted molar refractivity (Wildman–Crippen MR) is 135 cm³/mol. The van der Waals surface area contributed by atoms with Gasteiger partial charge >= 0.3 is 0 Å². The van der Waals surface area contributed by atoms with Crippen LogP contribution in [-0.2, 0) is 0 Å². The molecule has 35 heavy (non-hydrogen) atoms. The van der Waals surface area contributed by atoms with E-state index in [0.29, 0.717) is 47.0 Å². The molecule has 184 valence electrons. The summed E-state index contributed by atoms with van der Waals surface area (Å²) < 4.78 is 20.9. The average Bonchev–Trinajstić information content (AvgIpc) is 3.32. The van der Waals surface area contributed by atoms with E-state index in [1.165, 1.54) is 25.1 Å². The number of benzene rings is 1. The third-order valence-corrected chi connectivity index (χ3v) is 5.23. The highest BCUT2D eigenvalue weighted by Gasteiger charge is 2.26. The second kappa shape index (κ2) is 12.4. The molecule has 0 bridgehead atoms. The number of aliphatic imine (C=N–C) groups is 2. The Kier molecular flexibility index (Phi) is 9.01. The smallest absolute Gasteiger partial charge is 0.299 e. The molecule has 0 atom stereocenters. The first-order valence-electron chi connectivity index (χ1n) is 10.5. The number of carbonyl (C=O) groups is 1. The van der Waals surface area contributed by atoms with E-state index in [-0.39, 0.29) is 11.6 Å². The number of carbonyl (C=O) groups excluding carboxylic acids is 1. The van der Waals surface area contributed by atoms with Crippen LogP contribution < -0.4 is 24.7 Å². The van der Waals surface area contributed by atoms with Crippen molar-refractivity contribution in [2.45, 2.75) is 6.92 Å². The number of hydrogen-bond acceptors (Lipinski definition) is 9. The fraction of sp³-hybridized carbons (Fsp3) is 0.273. The fourth-order valence-corrected chi connectivity index (χ4v) is 3.54. The number of amidine groups is 1. The highest BCUT2D eigenvalue weighted by molar-refractivity contribution is 7.98. The standard InChI is InChI=1S/C22H26N8O4S/c1-5-34-18-11-6-8-14(26-18)20-27-28-21(22(31)29-35-12-17(23)25-13-24-2)30(20)19-15(32-3)9-7-10-16(19)33-4/h6-11,13H,5,12H2,1-4H3,(H,29,31)(H2,23,24,25). The van der Waals surface area contributed by atoms with Crippen LogP contribution in [0.3, 0.4) is 0 Å². The molecule has 1 amide bonds. The van der Waals surface area contributed by atoms with Crippen LogP contribution in [-0.4, -0.2) is 71.5 Å². The Morgan fingerprint density at radius 3 is 2.54 bits per heavy atom. The Morgan fingerprint density at radius 2 is 1.89 bits per heavy atom. The van der Waals surface area contributed by atoms with E-state index in [4.69, 9.17) is 19.9 Å². The fourth-order valence-electron chi connectivity index (χ4n) is 3.02. The molecule has 3 aromatic rings. The Bertz CT molecular complexity index is 1210. The van der Waals surface area contributed by atoms with Crippen molar-refractivity contribution in [3.63, 3.8) is 0 Å². The summed E-state index contributed by atoms with van der Waals surface area (Å²) in [5.74, 6) is 1.62. The zero-order valence-electron chi connectivity index (χ0n) is 19.8. The van der Waals surface area contributed by atoms with E-state index in [1.54, 1.807) is 43.4 Å². The normalized spacial score (nSPS) is 11.5. The maximum atomic E-state index is 13.2. The predicted octanol–water partition coefficient (Wildman–Crippen LogP) is 2.14. The number of aromatic nitrogens is 4. The van der Waals surface area contributed by atoms with Gasteiger partial charge in [-0.15, -0.1) is 10.2 Å². The highest BCUT2D eigenvalue weighted by Crippen LogP contribution is 2.36. The second-order valence-corrected chi connectivity index (χ2v) is 7.48. The molecular formula is C22H26N8O4S. The van der Waals surface area contributed by atoms with Gasteiger partial charge < -0.3 is 19.9 Å². The van der Waals surface area contributed by atoms with E-state index >= 15 is 0 Å². The number of nitrogens with zero attached hydrogens (tertiary/aromatic N) is 6. The molecule has 13 heteroatoms. The molecule has 1 aromatic carbocycles. The van der Waals surface area contributed by atoms with E-state index < -0.39 is 5.91 Å². The van der Waals surface area contributed by atoms with Crippen molar-refractivity contribution in [2.24, 2.45) is 15.7 Å². The van der Waals surface area contributed by atoms with Crippen molar-refractivity contribution < 1.29 is 19.0 Å². The van der Waals surface area contributed by atoms with Crippen LogP contribution >= 0.6 is 11.9 Å². The molecule has 0 aliphatic rings. The lowest BCUT2D eigenvalue weighted by Gasteiger charge is -2.17. The summed E-state index contributed by atoms with van der Waals surface area (Å²) in [5.41, 5.74) is 6.68. The number of hydrogen-bond donors (Lipinski definition) is 2. The molecule has 0 radical (unpaired) electrons. The minimum absolute atomic E-state index is 0.00968. The number of nitrogens with two attached hydrogens (primary N) is 1. The molecule has 0 saturated heterocycles. The van der Waals surface area contributed by atoms with Crippen LogP contribution in [0.2, 0.25) is 0 Å². The van der Waals surface area contributed by atoms with Gasteiger partial charge in [0, 0.05) is 13.1 Å². The van der Waals surface area contributed by atoms with Crippen molar-refractivity contribution in [2.75, 3.05) is 33.6 Å². The molecule has 0 aliphatic carbocycles. The highest BCUT2D eigenvalue weighted by atomic mass is 32.2. The quantitative estimate of drug-likeness (QED) is 0.230. The van der Waals surface area contributed by atoms with E-state index in [1.807, 2.05) is 6.92 Å². The van der Waals surface area contributed by atoms with Gasteiger partial charge in [-0.1, -0.05) is 12.1 Å². The Labute approximate surface area is 206 Å². The molecule has 2 aromatic heterocycles. The second-order valence-electron chi connectivity index (χ2n) is 6.70. The maximum absolute atomic E-state index is 13.2. The number of amides is 1. The summed E-state index contributed by atoms with van der Waals surface area (Å²) in [5, 5.41) is 8.42. The Hall–Kier alpha value is -4.13.